The fourth-order valence-electron chi connectivity index (χ4n) is 3.17. The molecule has 0 aliphatic carbocycles. The van der Waals surface area contributed by atoms with Crippen LogP contribution in [-0.4, -0.2) is 56.6 Å². The van der Waals surface area contributed by atoms with Gasteiger partial charge in [-0.3, -0.25) is 0 Å². The van der Waals surface area contributed by atoms with Gasteiger partial charge in [0, 0.05) is 38.6 Å². The molecular formula is C24H34N4O4. The fourth-order valence-corrected chi connectivity index (χ4v) is 3.17. The van der Waals surface area contributed by atoms with E-state index in [4.69, 9.17) is 18.9 Å². The molecular weight excluding hydrogens is 408 g/mol. The van der Waals surface area contributed by atoms with Gasteiger partial charge in [0.1, 0.15) is 0 Å². The molecule has 2 heterocycles. The maximum atomic E-state index is 5.88. The molecule has 1 aromatic carbocycles. The van der Waals surface area contributed by atoms with Crippen LogP contribution in [0.2, 0.25) is 0 Å². The van der Waals surface area contributed by atoms with Crippen molar-refractivity contribution in [2.24, 2.45) is 4.99 Å². The predicted octanol–water partition coefficient (Wildman–Crippen LogP) is 3.52. The Morgan fingerprint density at radius 3 is 2.75 bits per heavy atom. The molecule has 1 fully saturated rings. The van der Waals surface area contributed by atoms with Gasteiger partial charge in [0.2, 0.25) is 5.88 Å². The van der Waals surface area contributed by atoms with Crippen molar-refractivity contribution >= 4 is 5.96 Å². The molecule has 0 amide bonds. The van der Waals surface area contributed by atoms with Crippen LogP contribution in [0.15, 0.2) is 47.6 Å². The summed E-state index contributed by atoms with van der Waals surface area (Å²) in [6.45, 7) is 8.93. The van der Waals surface area contributed by atoms with Gasteiger partial charge >= 0.3 is 0 Å². The van der Waals surface area contributed by atoms with Crippen molar-refractivity contribution < 1.29 is 18.9 Å². The molecule has 2 N–H and O–H groups in total. The average Bonchev–Trinajstić information content (AvgIpc) is 3.33. The largest absolute Gasteiger partial charge is 0.490 e. The Hall–Kier alpha value is -2.84. The summed E-state index contributed by atoms with van der Waals surface area (Å²) in [4.78, 5) is 9.05. The Morgan fingerprint density at radius 2 is 2.03 bits per heavy atom. The number of nitrogens with zero attached hydrogens (tertiary/aromatic N) is 2. The van der Waals surface area contributed by atoms with Crippen LogP contribution < -0.4 is 20.1 Å². The number of benzene rings is 1. The monoisotopic (exact) mass is 442 g/mol. The van der Waals surface area contributed by atoms with Crippen molar-refractivity contribution in [1.82, 2.24) is 15.6 Å². The van der Waals surface area contributed by atoms with Crippen molar-refractivity contribution in [3.63, 3.8) is 0 Å². The topological polar surface area (TPSA) is 86.2 Å². The third-order valence-corrected chi connectivity index (χ3v) is 4.78. The lowest BCUT2D eigenvalue weighted by Gasteiger charge is -2.13. The first-order valence-electron chi connectivity index (χ1n) is 11.3. The Kier molecular flexibility index (Phi) is 10.1. The van der Waals surface area contributed by atoms with Gasteiger partial charge in [0.05, 0.1) is 25.9 Å². The molecule has 1 unspecified atom stereocenters. The quantitative estimate of drug-likeness (QED) is 0.295. The number of para-hydroxylation sites is 2. The number of guanidine groups is 1. The number of hydrogen-bond acceptors (Lipinski definition) is 6. The Morgan fingerprint density at radius 1 is 1.16 bits per heavy atom. The number of rotatable bonds is 12. The SMILES string of the molecule is CCNC(=NCc1ccc(Oc2ccccc2OCC)nc1)NCCCOC1CCOC1. The van der Waals surface area contributed by atoms with Crippen LogP contribution in [0.5, 0.6) is 17.4 Å². The third kappa shape index (κ3) is 8.01. The Labute approximate surface area is 190 Å². The molecule has 0 saturated carbocycles. The molecule has 32 heavy (non-hydrogen) atoms. The second kappa shape index (κ2) is 13.5. The van der Waals surface area contributed by atoms with Crippen molar-refractivity contribution in [3.8, 4) is 17.4 Å². The molecule has 1 atom stereocenters. The van der Waals surface area contributed by atoms with Gasteiger partial charge in [-0.2, -0.15) is 0 Å². The Balaban J connectivity index is 1.45. The van der Waals surface area contributed by atoms with E-state index in [0.29, 0.717) is 37.1 Å². The number of pyridine rings is 1. The highest BCUT2D eigenvalue weighted by Gasteiger charge is 2.15. The molecule has 1 aromatic heterocycles. The standard InChI is InChI=1S/C24H34N4O4/c1-3-25-24(26-13-7-14-31-20-12-15-29-18-20)28-17-19-10-11-23(27-16-19)32-22-9-6-5-8-21(22)30-4-2/h5-6,8-11,16,20H,3-4,7,12-15,17-18H2,1-2H3,(H2,25,26,28). The zero-order valence-electron chi connectivity index (χ0n) is 19.0. The normalized spacial score (nSPS) is 16.1. The van der Waals surface area contributed by atoms with Crippen LogP contribution in [0.1, 0.15) is 32.3 Å². The first-order chi connectivity index (χ1) is 15.8. The summed E-state index contributed by atoms with van der Waals surface area (Å²) in [6, 6.07) is 11.4. The van der Waals surface area contributed by atoms with E-state index >= 15 is 0 Å². The van der Waals surface area contributed by atoms with E-state index in [2.05, 4.69) is 20.6 Å². The van der Waals surface area contributed by atoms with E-state index in [-0.39, 0.29) is 6.10 Å². The second-order valence-corrected chi connectivity index (χ2v) is 7.32. The molecule has 1 saturated heterocycles. The molecule has 1 aliphatic rings. The number of nitrogens with one attached hydrogen (secondary N) is 2. The van der Waals surface area contributed by atoms with Crippen molar-refractivity contribution in [2.45, 2.75) is 39.3 Å². The van der Waals surface area contributed by atoms with Gasteiger partial charge in [0.25, 0.3) is 0 Å². The van der Waals surface area contributed by atoms with Crippen molar-refractivity contribution in [1.29, 1.82) is 0 Å². The third-order valence-electron chi connectivity index (χ3n) is 4.78. The summed E-state index contributed by atoms with van der Waals surface area (Å²) >= 11 is 0. The van der Waals surface area contributed by atoms with Crippen LogP contribution in [-0.2, 0) is 16.0 Å². The predicted molar refractivity (Wildman–Crippen MR) is 125 cm³/mol. The van der Waals surface area contributed by atoms with Gasteiger partial charge in [0.15, 0.2) is 17.5 Å². The van der Waals surface area contributed by atoms with E-state index < -0.39 is 0 Å². The minimum atomic E-state index is 0.254. The molecule has 2 aromatic rings. The van der Waals surface area contributed by atoms with E-state index in [0.717, 1.165) is 50.7 Å². The van der Waals surface area contributed by atoms with Crippen molar-refractivity contribution in [2.75, 3.05) is 39.5 Å². The van der Waals surface area contributed by atoms with Crippen molar-refractivity contribution in [3.05, 3.63) is 48.2 Å². The number of hydrogen-bond donors (Lipinski definition) is 2. The number of aliphatic imine (C=N–C) groups is 1. The summed E-state index contributed by atoms with van der Waals surface area (Å²) in [7, 11) is 0. The zero-order chi connectivity index (χ0) is 22.4. The van der Waals surface area contributed by atoms with E-state index in [9.17, 15) is 0 Å². The molecule has 0 bridgehead atoms. The summed E-state index contributed by atoms with van der Waals surface area (Å²) < 4.78 is 22.6. The lowest BCUT2D eigenvalue weighted by molar-refractivity contribution is 0.0420. The molecule has 8 heteroatoms. The molecule has 1 aliphatic heterocycles. The van der Waals surface area contributed by atoms with Crippen LogP contribution in [0.3, 0.4) is 0 Å². The van der Waals surface area contributed by atoms with E-state index in [1.54, 1.807) is 6.20 Å². The fraction of sp³-hybridized carbons (Fsp3) is 0.500. The van der Waals surface area contributed by atoms with Crippen LogP contribution in [0.25, 0.3) is 0 Å². The smallest absolute Gasteiger partial charge is 0.219 e. The minimum Gasteiger partial charge on any atom is -0.490 e. The molecule has 3 rings (SSSR count). The molecule has 174 valence electrons. The van der Waals surface area contributed by atoms with Gasteiger partial charge in [-0.1, -0.05) is 18.2 Å². The summed E-state index contributed by atoms with van der Waals surface area (Å²) in [5.74, 6) is 2.65. The van der Waals surface area contributed by atoms with E-state index in [1.807, 2.05) is 50.2 Å². The van der Waals surface area contributed by atoms with E-state index in [1.165, 1.54) is 0 Å². The lowest BCUT2D eigenvalue weighted by Crippen LogP contribution is -2.38. The highest BCUT2D eigenvalue weighted by atomic mass is 16.5. The lowest BCUT2D eigenvalue weighted by atomic mass is 10.3. The highest BCUT2D eigenvalue weighted by molar-refractivity contribution is 5.79. The second-order valence-electron chi connectivity index (χ2n) is 7.32. The maximum absolute atomic E-state index is 5.88. The van der Waals surface area contributed by atoms with Gasteiger partial charge in [-0.25, -0.2) is 9.98 Å². The maximum Gasteiger partial charge on any atom is 0.219 e. The van der Waals surface area contributed by atoms with Gasteiger partial charge in [-0.15, -0.1) is 0 Å². The highest BCUT2D eigenvalue weighted by Crippen LogP contribution is 2.30. The zero-order valence-corrected chi connectivity index (χ0v) is 19.0. The number of aromatic nitrogens is 1. The van der Waals surface area contributed by atoms with Crippen LogP contribution in [0, 0.1) is 0 Å². The molecule has 0 radical (unpaired) electrons. The average molecular weight is 443 g/mol. The van der Waals surface area contributed by atoms with Gasteiger partial charge in [-0.05, 0) is 44.4 Å². The molecule has 8 nitrogen and oxygen atoms in total. The summed E-state index contributed by atoms with van der Waals surface area (Å²) in [5.41, 5.74) is 0.997. The number of ether oxygens (including phenoxy) is 4. The Bertz CT molecular complexity index is 823. The first kappa shape index (κ1) is 23.8. The molecule has 0 spiro atoms. The summed E-state index contributed by atoms with van der Waals surface area (Å²) in [6.07, 6.45) is 3.94. The van der Waals surface area contributed by atoms with Crippen LogP contribution in [0.4, 0.5) is 0 Å². The minimum absolute atomic E-state index is 0.254. The first-order valence-corrected chi connectivity index (χ1v) is 11.3. The summed E-state index contributed by atoms with van der Waals surface area (Å²) in [5, 5.41) is 6.61. The van der Waals surface area contributed by atoms with Crippen LogP contribution >= 0.6 is 0 Å². The van der Waals surface area contributed by atoms with Gasteiger partial charge < -0.3 is 29.6 Å².